The van der Waals surface area contributed by atoms with Gasteiger partial charge in [0, 0.05) is 19.5 Å². The van der Waals surface area contributed by atoms with E-state index in [0.29, 0.717) is 31.3 Å². The lowest BCUT2D eigenvalue weighted by Gasteiger charge is -2.18. The van der Waals surface area contributed by atoms with Gasteiger partial charge in [0.15, 0.2) is 11.5 Å². The normalized spacial score (nSPS) is 16.3. The lowest BCUT2D eigenvalue weighted by Crippen LogP contribution is -2.25. The number of rotatable bonds is 8. The summed E-state index contributed by atoms with van der Waals surface area (Å²) in [6.45, 7) is 5.47. The number of aliphatic carboxylic acids is 1. The maximum Gasteiger partial charge on any atom is 0.308 e. The molecule has 1 aliphatic heterocycles. The van der Waals surface area contributed by atoms with Crippen LogP contribution in [0.3, 0.4) is 0 Å². The maximum absolute atomic E-state index is 12.1. The zero-order chi connectivity index (χ0) is 20.1. The minimum atomic E-state index is -0.925. The Labute approximate surface area is 164 Å². The third-order valence-corrected chi connectivity index (χ3v) is 4.76. The first kappa shape index (κ1) is 19.7. The highest BCUT2D eigenvalue weighted by Gasteiger charge is 2.34. The molecule has 0 spiro atoms. The average Bonchev–Trinajstić information content (AvgIpc) is 3.03. The molecule has 1 N–H and O–H groups in total. The van der Waals surface area contributed by atoms with E-state index in [1.807, 2.05) is 56.3 Å². The molecule has 0 saturated carbocycles. The number of carbonyl (C=O) groups is 2. The molecule has 0 unspecified atom stereocenters. The molecule has 0 aromatic heterocycles. The number of hydrogen-bond donors (Lipinski definition) is 1. The number of amides is 1. The Hall–Kier alpha value is -3.02. The Morgan fingerprint density at radius 1 is 1.11 bits per heavy atom. The molecular weight excluding hydrogens is 358 g/mol. The fraction of sp³-hybridized carbons (Fsp3) is 0.364. The molecule has 1 atom stereocenters. The van der Waals surface area contributed by atoms with Crippen LogP contribution in [0.5, 0.6) is 11.5 Å². The Morgan fingerprint density at radius 2 is 1.82 bits per heavy atom. The molecule has 1 saturated heterocycles. The predicted molar refractivity (Wildman–Crippen MR) is 104 cm³/mol. The van der Waals surface area contributed by atoms with E-state index in [4.69, 9.17) is 14.6 Å². The smallest absolute Gasteiger partial charge is 0.308 e. The van der Waals surface area contributed by atoms with Crippen molar-refractivity contribution in [1.82, 2.24) is 4.90 Å². The molecule has 1 fully saturated rings. The average molecular weight is 383 g/mol. The van der Waals surface area contributed by atoms with E-state index in [-0.39, 0.29) is 18.9 Å². The van der Waals surface area contributed by atoms with Gasteiger partial charge >= 0.3 is 5.97 Å². The van der Waals surface area contributed by atoms with E-state index in [1.54, 1.807) is 4.90 Å². The first-order valence-corrected chi connectivity index (χ1v) is 9.41. The van der Waals surface area contributed by atoms with E-state index >= 15 is 0 Å². The van der Waals surface area contributed by atoms with Gasteiger partial charge < -0.3 is 19.5 Å². The van der Waals surface area contributed by atoms with Crippen LogP contribution in [0.2, 0.25) is 0 Å². The number of nitrogens with zero attached hydrogens (tertiary/aromatic N) is 1. The molecule has 1 aliphatic rings. The number of carboxylic acid groups (broad SMARTS) is 1. The Morgan fingerprint density at radius 3 is 2.46 bits per heavy atom. The number of carbonyl (C=O) groups excluding carboxylic acids is 1. The Kier molecular flexibility index (Phi) is 6.19. The molecule has 1 heterocycles. The van der Waals surface area contributed by atoms with Crippen LogP contribution >= 0.6 is 0 Å². The second-order valence-electron chi connectivity index (χ2n) is 7.00. The van der Waals surface area contributed by atoms with Crippen molar-refractivity contribution in [3.8, 4) is 11.5 Å². The summed E-state index contributed by atoms with van der Waals surface area (Å²) in [7, 11) is 0. The zero-order valence-corrected chi connectivity index (χ0v) is 16.2. The molecule has 0 aliphatic carbocycles. The van der Waals surface area contributed by atoms with E-state index in [1.165, 1.54) is 5.56 Å². The summed E-state index contributed by atoms with van der Waals surface area (Å²) in [5.74, 6) is -0.428. The molecule has 0 radical (unpaired) electrons. The van der Waals surface area contributed by atoms with Crippen LogP contribution in [-0.4, -0.2) is 35.0 Å². The van der Waals surface area contributed by atoms with E-state index in [0.717, 1.165) is 11.1 Å². The molecule has 1 amide bonds. The van der Waals surface area contributed by atoms with Gasteiger partial charge in [-0.25, -0.2) is 0 Å². The first-order valence-electron chi connectivity index (χ1n) is 9.41. The number of carboxylic acids is 1. The molecule has 6 heteroatoms. The number of benzene rings is 2. The summed E-state index contributed by atoms with van der Waals surface area (Å²) in [5.41, 5.74) is 3.15. The van der Waals surface area contributed by atoms with E-state index in [9.17, 15) is 9.59 Å². The first-order chi connectivity index (χ1) is 13.5. The standard InChI is InChI=1S/C22H25NO5/c1-3-27-20-10-17(12-23-13-18(22(25)26)11-21(23)24)8-9-19(20)28-14-16-6-4-15(2)5-7-16/h4-10,18H,3,11-14H2,1-2H3,(H,25,26)/t18-/m1/s1. The van der Waals surface area contributed by atoms with Crippen molar-refractivity contribution in [2.45, 2.75) is 33.4 Å². The predicted octanol–water partition coefficient (Wildman–Crippen LogP) is 3.41. The van der Waals surface area contributed by atoms with Crippen molar-refractivity contribution in [2.24, 2.45) is 5.92 Å². The molecule has 6 nitrogen and oxygen atoms in total. The van der Waals surface area contributed by atoms with Crippen LogP contribution in [-0.2, 0) is 22.7 Å². The van der Waals surface area contributed by atoms with E-state index < -0.39 is 11.9 Å². The monoisotopic (exact) mass is 383 g/mol. The van der Waals surface area contributed by atoms with Crippen LogP contribution < -0.4 is 9.47 Å². The topological polar surface area (TPSA) is 76.1 Å². The Balaban J connectivity index is 1.69. The molecule has 2 aromatic rings. The lowest BCUT2D eigenvalue weighted by atomic mass is 10.1. The van der Waals surface area contributed by atoms with Crippen molar-refractivity contribution in [1.29, 1.82) is 0 Å². The fourth-order valence-corrected chi connectivity index (χ4v) is 3.19. The summed E-state index contributed by atoms with van der Waals surface area (Å²) in [5, 5.41) is 9.12. The fourth-order valence-electron chi connectivity index (χ4n) is 3.19. The van der Waals surface area contributed by atoms with Crippen LogP contribution in [0.4, 0.5) is 0 Å². The van der Waals surface area contributed by atoms with Gasteiger partial charge in [0.2, 0.25) is 5.91 Å². The highest BCUT2D eigenvalue weighted by atomic mass is 16.5. The van der Waals surface area contributed by atoms with Gasteiger partial charge in [-0.05, 0) is 37.1 Å². The van der Waals surface area contributed by atoms with Gasteiger partial charge in [-0.15, -0.1) is 0 Å². The molecule has 3 rings (SSSR count). The molecule has 28 heavy (non-hydrogen) atoms. The minimum absolute atomic E-state index is 0.0609. The molecular formula is C22H25NO5. The van der Waals surface area contributed by atoms with Crippen molar-refractivity contribution in [3.63, 3.8) is 0 Å². The Bertz CT molecular complexity index is 847. The summed E-state index contributed by atoms with van der Waals surface area (Å²) in [4.78, 5) is 24.8. The van der Waals surface area contributed by atoms with E-state index in [2.05, 4.69) is 0 Å². The lowest BCUT2D eigenvalue weighted by molar-refractivity contribution is -0.141. The van der Waals surface area contributed by atoms with Gasteiger partial charge in [0.1, 0.15) is 6.61 Å². The summed E-state index contributed by atoms with van der Waals surface area (Å²) >= 11 is 0. The minimum Gasteiger partial charge on any atom is -0.490 e. The summed E-state index contributed by atoms with van der Waals surface area (Å²) in [6, 6.07) is 13.7. The highest BCUT2D eigenvalue weighted by Crippen LogP contribution is 2.31. The van der Waals surface area contributed by atoms with Crippen molar-refractivity contribution in [3.05, 3.63) is 59.2 Å². The van der Waals surface area contributed by atoms with Gasteiger partial charge in [0.25, 0.3) is 0 Å². The van der Waals surface area contributed by atoms with Crippen LogP contribution in [0.1, 0.15) is 30.0 Å². The number of aryl methyl sites for hydroxylation is 1. The maximum atomic E-state index is 12.1. The molecule has 0 bridgehead atoms. The van der Waals surface area contributed by atoms with Crippen molar-refractivity contribution < 1.29 is 24.2 Å². The largest absolute Gasteiger partial charge is 0.490 e. The third-order valence-electron chi connectivity index (χ3n) is 4.76. The second-order valence-corrected chi connectivity index (χ2v) is 7.00. The number of ether oxygens (including phenoxy) is 2. The van der Waals surface area contributed by atoms with Crippen LogP contribution in [0.15, 0.2) is 42.5 Å². The van der Waals surface area contributed by atoms with Gasteiger partial charge in [-0.2, -0.15) is 0 Å². The third kappa shape index (κ3) is 4.82. The van der Waals surface area contributed by atoms with Crippen molar-refractivity contribution in [2.75, 3.05) is 13.2 Å². The SMILES string of the molecule is CCOc1cc(CN2C[C@H](C(=O)O)CC2=O)ccc1OCc1ccc(C)cc1. The zero-order valence-electron chi connectivity index (χ0n) is 16.2. The van der Waals surface area contributed by atoms with Crippen LogP contribution in [0.25, 0.3) is 0 Å². The van der Waals surface area contributed by atoms with Crippen molar-refractivity contribution >= 4 is 11.9 Å². The van der Waals surface area contributed by atoms with Gasteiger partial charge in [-0.1, -0.05) is 35.9 Å². The second kappa shape index (κ2) is 8.78. The number of hydrogen-bond acceptors (Lipinski definition) is 4. The molecule has 2 aromatic carbocycles. The summed E-state index contributed by atoms with van der Waals surface area (Å²) < 4.78 is 11.6. The highest BCUT2D eigenvalue weighted by molar-refractivity contribution is 5.86. The summed E-state index contributed by atoms with van der Waals surface area (Å²) in [6.07, 6.45) is 0.0609. The van der Waals surface area contributed by atoms with Gasteiger partial charge in [0.05, 0.1) is 12.5 Å². The molecule has 148 valence electrons. The quantitative estimate of drug-likeness (QED) is 0.756. The van der Waals surface area contributed by atoms with Crippen LogP contribution in [0, 0.1) is 12.8 Å². The number of likely N-dealkylation sites (tertiary alicyclic amines) is 1. The van der Waals surface area contributed by atoms with Gasteiger partial charge in [-0.3, -0.25) is 9.59 Å².